The van der Waals surface area contributed by atoms with Crippen LogP contribution in [0.15, 0.2) is 48.0 Å². The third kappa shape index (κ3) is 4.96. The van der Waals surface area contributed by atoms with Gasteiger partial charge in [-0.3, -0.25) is 9.59 Å². The van der Waals surface area contributed by atoms with E-state index in [9.17, 15) is 14.7 Å². The Hall–Kier alpha value is -3.12. The van der Waals surface area contributed by atoms with Crippen molar-refractivity contribution in [3.63, 3.8) is 0 Å². The van der Waals surface area contributed by atoms with E-state index in [4.69, 9.17) is 4.74 Å². The van der Waals surface area contributed by atoms with Crippen LogP contribution in [0.4, 0.5) is 0 Å². The monoisotopic (exact) mass is 450 g/mol. The summed E-state index contributed by atoms with van der Waals surface area (Å²) in [5.41, 5.74) is 3.36. The minimum Gasteiger partial charge on any atom is -0.507 e. The number of aliphatic hydroxyl groups excluding tert-OH is 1. The van der Waals surface area contributed by atoms with Crippen LogP contribution in [0.3, 0.4) is 0 Å². The molecule has 2 aromatic carbocycles. The Kier molecular flexibility index (Phi) is 6.98. The number of hydrogen-bond donors (Lipinski definition) is 1. The second-order valence-corrected chi connectivity index (χ2v) is 9.85. The molecule has 1 aliphatic heterocycles. The van der Waals surface area contributed by atoms with Crippen LogP contribution in [-0.4, -0.2) is 60.9 Å². The van der Waals surface area contributed by atoms with Crippen molar-refractivity contribution in [1.82, 2.24) is 9.80 Å². The lowest BCUT2D eigenvalue weighted by atomic mass is 9.85. The Bertz CT molecular complexity index is 1080. The molecule has 1 heterocycles. The molecule has 1 saturated heterocycles. The van der Waals surface area contributed by atoms with E-state index in [0.29, 0.717) is 24.4 Å². The number of carbonyl (C=O) groups excluding carboxylic acids is 2. The van der Waals surface area contributed by atoms with Crippen molar-refractivity contribution in [2.45, 2.75) is 39.2 Å². The van der Waals surface area contributed by atoms with Crippen molar-refractivity contribution in [1.29, 1.82) is 0 Å². The largest absolute Gasteiger partial charge is 0.507 e. The summed E-state index contributed by atoms with van der Waals surface area (Å²) in [6.07, 6.45) is 0. The highest BCUT2D eigenvalue weighted by atomic mass is 16.5. The van der Waals surface area contributed by atoms with Crippen LogP contribution >= 0.6 is 0 Å². The molecule has 6 nitrogen and oxygen atoms in total. The minimum atomic E-state index is -0.662. The molecule has 176 valence electrons. The maximum atomic E-state index is 13.1. The van der Waals surface area contributed by atoms with E-state index in [-0.39, 0.29) is 16.7 Å². The number of nitrogens with zero attached hydrogens (tertiary/aromatic N) is 2. The van der Waals surface area contributed by atoms with E-state index in [1.807, 2.05) is 50.2 Å². The molecule has 0 radical (unpaired) electrons. The molecular weight excluding hydrogens is 416 g/mol. The summed E-state index contributed by atoms with van der Waals surface area (Å²) in [6, 6.07) is 12.5. The number of aliphatic hydroxyl groups is 1. The number of ether oxygens (including phenoxy) is 1. The summed E-state index contributed by atoms with van der Waals surface area (Å²) in [6.45, 7) is 9.26. The molecule has 2 aromatic rings. The van der Waals surface area contributed by atoms with Gasteiger partial charge in [-0.1, -0.05) is 45.0 Å². The van der Waals surface area contributed by atoms with Crippen LogP contribution in [0, 0.1) is 6.92 Å². The maximum absolute atomic E-state index is 13.1. The van der Waals surface area contributed by atoms with Crippen LogP contribution in [0.25, 0.3) is 5.76 Å². The topological polar surface area (TPSA) is 70.1 Å². The summed E-state index contributed by atoms with van der Waals surface area (Å²) in [7, 11) is 5.42. The Morgan fingerprint density at radius 3 is 2.24 bits per heavy atom. The molecule has 1 atom stereocenters. The van der Waals surface area contributed by atoms with E-state index in [1.54, 1.807) is 30.2 Å². The third-order valence-electron chi connectivity index (χ3n) is 6.09. The zero-order valence-electron chi connectivity index (χ0n) is 20.6. The lowest BCUT2D eigenvalue weighted by molar-refractivity contribution is -0.140. The first-order valence-corrected chi connectivity index (χ1v) is 11.1. The minimum absolute atomic E-state index is 0.0219. The molecule has 0 spiro atoms. The molecule has 1 aliphatic rings. The summed E-state index contributed by atoms with van der Waals surface area (Å²) in [5.74, 6) is -0.734. The zero-order valence-corrected chi connectivity index (χ0v) is 20.6. The Balaban J connectivity index is 2.15. The molecule has 1 unspecified atom stereocenters. The predicted molar refractivity (Wildman–Crippen MR) is 130 cm³/mol. The molecule has 33 heavy (non-hydrogen) atoms. The van der Waals surface area contributed by atoms with Gasteiger partial charge in [0.15, 0.2) is 0 Å². The summed E-state index contributed by atoms with van der Waals surface area (Å²) in [5, 5.41) is 11.2. The normalized spacial score (nSPS) is 18.3. The smallest absolute Gasteiger partial charge is 0.295 e. The molecule has 1 fully saturated rings. The highest BCUT2D eigenvalue weighted by molar-refractivity contribution is 6.46. The summed E-state index contributed by atoms with van der Waals surface area (Å²) in [4.78, 5) is 29.7. The van der Waals surface area contributed by atoms with Gasteiger partial charge in [-0.2, -0.15) is 0 Å². The SMILES string of the molecule is COc1ccc(/C(O)=C2\C(=O)C(=O)N(CCN(C)C)C2c2ccc(C(C)(C)C)cc2)cc1C. The number of Topliss-reactive ketones (excluding diaryl/α,β-unsaturated/α-hetero) is 1. The lowest BCUT2D eigenvalue weighted by Gasteiger charge is -2.27. The van der Waals surface area contributed by atoms with Crippen molar-refractivity contribution in [2.75, 3.05) is 34.3 Å². The molecule has 0 aromatic heterocycles. The van der Waals surface area contributed by atoms with E-state index >= 15 is 0 Å². The van der Waals surface area contributed by atoms with Gasteiger partial charge in [0.25, 0.3) is 11.7 Å². The fourth-order valence-corrected chi connectivity index (χ4v) is 4.11. The van der Waals surface area contributed by atoms with Crippen LogP contribution in [0.1, 0.15) is 49.1 Å². The third-order valence-corrected chi connectivity index (χ3v) is 6.09. The highest BCUT2D eigenvalue weighted by Crippen LogP contribution is 2.40. The number of hydrogen-bond acceptors (Lipinski definition) is 5. The predicted octanol–water partition coefficient (Wildman–Crippen LogP) is 4.28. The fourth-order valence-electron chi connectivity index (χ4n) is 4.11. The molecule has 1 N–H and O–H groups in total. The van der Waals surface area contributed by atoms with E-state index in [0.717, 1.165) is 16.7 Å². The zero-order chi connectivity index (χ0) is 24.5. The van der Waals surface area contributed by atoms with E-state index in [2.05, 4.69) is 20.8 Å². The Labute approximate surface area is 196 Å². The molecular formula is C27H34N2O4. The van der Waals surface area contributed by atoms with E-state index < -0.39 is 17.7 Å². The molecule has 6 heteroatoms. The Morgan fingerprint density at radius 1 is 1.09 bits per heavy atom. The highest BCUT2D eigenvalue weighted by Gasteiger charge is 2.46. The summed E-state index contributed by atoms with van der Waals surface area (Å²) >= 11 is 0. The fraction of sp³-hybridized carbons (Fsp3) is 0.407. The quantitative estimate of drug-likeness (QED) is 0.404. The van der Waals surface area contributed by atoms with Crippen LogP contribution in [-0.2, 0) is 15.0 Å². The first-order valence-electron chi connectivity index (χ1n) is 11.1. The maximum Gasteiger partial charge on any atom is 0.295 e. The van der Waals surface area contributed by atoms with Crippen molar-refractivity contribution in [3.05, 3.63) is 70.3 Å². The molecule has 0 aliphatic carbocycles. The van der Waals surface area contributed by atoms with Crippen LogP contribution in [0.2, 0.25) is 0 Å². The number of benzene rings is 2. The van der Waals surface area contributed by atoms with Crippen molar-refractivity contribution in [3.8, 4) is 5.75 Å². The lowest BCUT2D eigenvalue weighted by Crippen LogP contribution is -2.35. The number of methoxy groups -OCH3 is 1. The van der Waals surface area contributed by atoms with Gasteiger partial charge in [-0.25, -0.2) is 0 Å². The molecule has 3 rings (SSSR count). The van der Waals surface area contributed by atoms with Crippen molar-refractivity contribution >= 4 is 17.4 Å². The second-order valence-electron chi connectivity index (χ2n) is 9.85. The van der Waals surface area contributed by atoms with Gasteiger partial charge in [-0.05, 0) is 61.3 Å². The van der Waals surface area contributed by atoms with Gasteiger partial charge < -0.3 is 19.6 Å². The van der Waals surface area contributed by atoms with Gasteiger partial charge in [0, 0.05) is 18.7 Å². The van der Waals surface area contributed by atoms with Crippen molar-refractivity contribution < 1.29 is 19.4 Å². The number of likely N-dealkylation sites (tertiary alicyclic amines) is 1. The molecule has 0 saturated carbocycles. The first kappa shape index (κ1) is 24.5. The van der Waals surface area contributed by atoms with Gasteiger partial charge >= 0.3 is 0 Å². The molecule has 1 amide bonds. The average molecular weight is 451 g/mol. The van der Waals surface area contributed by atoms with Gasteiger partial charge in [0.2, 0.25) is 0 Å². The van der Waals surface area contributed by atoms with Crippen molar-refractivity contribution in [2.24, 2.45) is 0 Å². The number of rotatable bonds is 6. The number of amides is 1. The van der Waals surface area contributed by atoms with Crippen LogP contribution in [0.5, 0.6) is 5.75 Å². The number of aryl methyl sites for hydroxylation is 1. The van der Waals surface area contributed by atoms with Gasteiger partial charge in [-0.15, -0.1) is 0 Å². The van der Waals surface area contributed by atoms with Gasteiger partial charge in [0.1, 0.15) is 11.5 Å². The summed E-state index contributed by atoms with van der Waals surface area (Å²) < 4.78 is 5.31. The second kappa shape index (κ2) is 9.40. The Morgan fingerprint density at radius 2 is 1.73 bits per heavy atom. The average Bonchev–Trinajstić information content (AvgIpc) is 3.01. The molecule has 0 bridgehead atoms. The number of likely N-dealkylation sites (N-methyl/N-ethyl adjacent to an activating group) is 1. The number of carbonyl (C=O) groups is 2. The van der Waals surface area contributed by atoms with Crippen LogP contribution < -0.4 is 4.74 Å². The standard InChI is InChI=1S/C27H34N2O4/c1-17-16-19(10-13-21(17)33-7)24(30)22-23(18-8-11-20(12-9-18)27(2,3)4)29(15-14-28(5)6)26(32)25(22)31/h8-13,16,23,30H,14-15H2,1-7H3/b24-22+. The van der Waals surface area contributed by atoms with E-state index in [1.165, 1.54) is 0 Å². The number of ketones is 1. The first-order chi connectivity index (χ1) is 15.5. The van der Waals surface area contributed by atoms with Gasteiger partial charge in [0.05, 0.1) is 18.7 Å².